The zero-order chi connectivity index (χ0) is 14.4. The molecule has 1 aromatic rings. The van der Waals surface area contributed by atoms with Crippen LogP contribution < -0.4 is 15.8 Å². The van der Waals surface area contributed by atoms with Crippen molar-refractivity contribution >= 4 is 17.5 Å². The predicted molar refractivity (Wildman–Crippen MR) is 73.1 cm³/mol. The van der Waals surface area contributed by atoms with Gasteiger partial charge in [-0.15, -0.1) is 0 Å². The van der Waals surface area contributed by atoms with Crippen molar-refractivity contribution in [2.45, 2.75) is 6.92 Å². The smallest absolute Gasteiger partial charge is 0.256 e. The van der Waals surface area contributed by atoms with Crippen LogP contribution in [0.3, 0.4) is 0 Å². The topological polar surface area (TPSA) is 84.7 Å². The van der Waals surface area contributed by atoms with Gasteiger partial charge in [-0.1, -0.05) is 0 Å². The quantitative estimate of drug-likeness (QED) is 0.759. The minimum Gasteiger partial charge on any atom is -0.497 e. The maximum atomic E-state index is 12.1. The zero-order valence-electron chi connectivity index (χ0n) is 11.4. The number of likely N-dealkylation sites (N-methyl/N-ethyl adjacent to an activating group) is 2. The van der Waals surface area contributed by atoms with Crippen LogP contribution in [0.4, 0.5) is 5.69 Å². The molecule has 0 unspecified atom stereocenters. The number of nitrogens with zero attached hydrogens (tertiary/aromatic N) is 1. The van der Waals surface area contributed by atoms with Gasteiger partial charge in [0.2, 0.25) is 5.91 Å². The van der Waals surface area contributed by atoms with Crippen LogP contribution in [0.1, 0.15) is 17.3 Å². The predicted octanol–water partition coefficient (Wildman–Crippen LogP) is 0.485. The van der Waals surface area contributed by atoms with E-state index in [0.29, 0.717) is 23.5 Å². The number of ether oxygens (including phenoxy) is 1. The number of benzene rings is 1. The molecule has 0 atom stereocenters. The summed E-state index contributed by atoms with van der Waals surface area (Å²) >= 11 is 0. The summed E-state index contributed by atoms with van der Waals surface area (Å²) in [6, 6.07) is 4.82. The fourth-order valence-corrected chi connectivity index (χ4v) is 1.61. The molecule has 0 heterocycles. The van der Waals surface area contributed by atoms with Gasteiger partial charge in [0.15, 0.2) is 0 Å². The number of anilines is 1. The van der Waals surface area contributed by atoms with Crippen molar-refractivity contribution in [3.63, 3.8) is 0 Å². The summed E-state index contributed by atoms with van der Waals surface area (Å²) in [5.74, 6) is 0.0808. The number of nitrogens with one attached hydrogen (secondary N) is 1. The molecule has 0 radical (unpaired) electrons. The second-order valence-corrected chi connectivity index (χ2v) is 4.07. The second-order valence-electron chi connectivity index (χ2n) is 4.07. The average Bonchev–Trinajstić information content (AvgIpc) is 2.37. The Morgan fingerprint density at radius 1 is 1.42 bits per heavy atom. The Kier molecular flexibility index (Phi) is 5.17. The molecule has 0 bridgehead atoms. The van der Waals surface area contributed by atoms with Gasteiger partial charge in [-0.3, -0.25) is 9.59 Å². The highest BCUT2D eigenvalue weighted by molar-refractivity contribution is 6.00. The Morgan fingerprint density at radius 3 is 2.63 bits per heavy atom. The van der Waals surface area contributed by atoms with Gasteiger partial charge in [-0.05, 0) is 19.1 Å². The zero-order valence-corrected chi connectivity index (χ0v) is 11.4. The van der Waals surface area contributed by atoms with Crippen LogP contribution in [0, 0.1) is 0 Å². The largest absolute Gasteiger partial charge is 0.497 e. The molecule has 0 saturated heterocycles. The molecule has 0 fully saturated rings. The van der Waals surface area contributed by atoms with Gasteiger partial charge >= 0.3 is 0 Å². The van der Waals surface area contributed by atoms with E-state index in [2.05, 4.69) is 5.32 Å². The van der Waals surface area contributed by atoms with E-state index in [9.17, 15) is 9.59 Å². The fourth-order valence-electron chi connectivity index (χ4n) is 1.61. The lowest BCUT2D eigenvalue weighted by Crippen LogP contribution is -2.38. The third kappa shape index (κ3) is 3.87. The molecule has 2 amide bonds. The van der Waals surface area contributed by atoms with Crippen LogP contribution in [0.15, 0.2) is 18.2 Å². The van der Waals surface area contributed by atoms with Crippen molar-refractivity contribution in [2.75, 3.05) is 33.0 Å². The molecule has 6 nitrogen and oxygen atoms in total. The van der Waals surface area contributed by atoms with Crippen molar-refractivity contribution in [3.05, 3.63) is 23.8 Å². The van der Waals surface area contributed by atoms with E-state index in [0.717, 1.165) is 0 Å². The first kappa shape index (κ1) is 14.8. The molecule has 0 aliphatic carbocycles. The van der Waals surface area contributed by atoms with Crippen LogP contribution in [0.2, 0.25) is 0 Å². The third-order valence-electron chi connectivity index (χ3n) is 2.59. The van der Waals surface area contributed by atoms with Crippen molar-refractivity contribution in [3.8, 4) is 5.75 Å². The van der Waals surface area contributed by atoms with Crippen molar-refractivity contribution in [2.24, 2.45) is 0 Å². The molecule has 0 spiro atoms. The van der Waals surface area contributed by atoms with Gasteiger partial charge in [0.25, 0.3) is 5.91 Å². The molecular weight excluding hydrogens is 246 g/mol. The van der Waals surface area contributed by atoms with E-state index in [4.69, 9.17) is 10.5 Å². The van der Waals surface area contributed by atoms with Gasteiger partial charge in [0.1, 0.15) is 5.75 Å². The average molecular weight is 265 g/mol. The lowest BCUT2D eigenvalue weighted by atomic mass is 10.1. The first-order valence-electron chi connectivity index (χ1n) is 5.95. The maximum absolute atomic E-state index is 12.1. The molecule has 1 rings (SSSR count). The lowest BCUT2D eigenvalue weighted by molar-refractivity contribution is -0.121. The third-order valence-corrected chi connectivity index (χ3v) is 2.59. The number of hydrogen-bond donors (Lipinski definition) is 2. The maximum Gasteiger partial charge on any atom is 0.256 e. The van der Waals surface area contributed by atoms with Gasteiger partial charge in [0.05, 0.1) is 19.2 Å². The summed E-state index contributed by atoms with van der Waals surface area (Å²) in [4.78, 5) is 24.9. The number of methoxy groups -OCH3 is 1. The standard InChI is InChI=1S/C13H19N3O3/c1-4-15-12(17)8-16(2)13(18)10-6-5-9(19-3)7-11(10)14/h5-7H,4,8,14H2,1-3H3,(H,15,17). The normalized spacial score (nSPS) is 9.84. The van der Waals surface area contributed by atoms with Gasteiger partial charge in [-0.25, -0.2) is 0 Å². The number of hydrogen-bond acceptors (Lipinski definition) is 4. The van der Waals surface area contributed by atoms with Crippen molar-refractivity contribution in [1.29, 1.82) is 0 Å². The van der Waals surface area contributed by atoms with E-state index in [1.807, 2.05) is 6.92 Å². The van der Waals surface area contributed by atoms with Crippen molar-refractivity contribution in [1.82, 2.24) is 10.2 Å². The highest BCUT2D eigenvalue weighted by Gasteiger charge is 2.17. The molecule has 1 aromatic carbocycles. The summed E-state index contributed by atoms with van der Waals surface area (Å²) in [5, 5.41) is 2.63. The Hall–Kier alpha value is -2.24. The Morgan fingerprint density at radius 2 is 2.11 bits per heavy atom. The second kappa shape index (κ2) is 6.63. The number of carbonyl (C=O) groups is 2. The Balaban J connectivity index is 2.79. The minimum atomic E-state index is -0.300. The monoisotopic (exact) mass is 265 g/mol. The molecule has 6 heteroatoms. The number of rotatable bonds is 5. The van der Waals surface area contributed by atoms with Crippen LogP contribution in [-0.2, 0) is 4.79 Å². The first-order chi connectivity index (χ1) is 8.99. The Labute approximate surface area is 112 Å². The van der Waals surface area contributed by atoms with Gasteiger partial charge in [-0.2, -0.15) is 0 Å². The number of nitrogen functional groups attached to an aromatic ring is 1. The highest BCUT2D eigenvalue weighted by Crippen LogP contribution is 2.20. The van der Waals surface area contributed by atoms with E-state index >= 15 is 0 Å². The number of nitrogens with two attached hydrogens (primary N) is 1. The SMILES string of the molecule is CCNC(=O)CN(C)C(=O)c1ccc(OC)cc1N. The molecule has 3 N–H and O–H groups in total. The van der Waals surface area contributed by atoms with Gasteiger partial charge in [0, 0.05) is 25.3 Å². The van der Waals surface area contributed by atoms with Crippen LogP contribution in [0.5, 0.6) is 5.75 Å². The number of amides is 2. The molecule has 0 aliphatic rings. The first-order valence-corrected chi connectivity index (χ1v) is 5.95. The molecule has 104 valence electrons. The van der Waals surface area contributed by atoms with Crippen LogP contribution in [0.25, 0.3) is 0 Å². The number of carbonyl (C=O) groups excluding carboxylic acids is 2. The summed E-state index contributed by atoms with van der Waals surface area (Å²) in [7, 11) is 3.08. The van der Waals surface area contributed by atoms with E-state index in [1.54, 1.807) is 25.2 Å². The van der Waals surface area contributed by atoms with E-state index in [-0.39, 0.29) is 18.4 Å². The summed E-state index contributed by atoms with van der Waals surface area (Å²) in [5.41, 5.74) is 6.48. The molecule has 0 saturated carbocycles. The summed E-state index contributed by atoms with van der Waals surface area (Å²) in [6.07, 6.45) is 0. The molecular formula is C13H19N3O3. The van der Waals surface area contributed by atoms with Crippen LogP contribution >= 0.6 is 0 Å². The van der Waals surface area contributed by atoms with E-state index < -0.39 is 0 Å². The van der Waals surface area contributed by atoms with Crippen LogP contribution in [-0.4, -0.2) is 44.0 Å². The fraction of sp³-hybridized carbons (Fsp3) is 0.385. The highest BCUT2D eigenvalue weighted by atomic mass is 16.5. The lowest BCUT2D eigenvalue weighted by Gasteiger charge is -2.17. The minimum absolute atomic E-state index is 0.00184. The van der Waals surface area contributed by atoms with Gasteiger partial charge < -0.3 is 20.7 Å². The van der Waals surface area contributed by atoms with Crippen molar-refractivity contribution < 1.29 is 14.3 Å². The molecule has 0 aliphatic heterocycles. The summed E-state index contributed by atoms with van der Waals surface area (Å²) < 4.78 is 5.02. The molecule has 0 aromatic heterocycles. The van der Waals surface area contributed by atoms with E-state index in [1.165, 1.54) is 12.0 Å². The summed E-state index contributed by atoms with van der Waals surface area (Å²) in [6.45, 7) is 2.35. The Bertz CT molecular complexity index is 474. The molecule has 19 heavy (non-hydrogen) atoms.